The van der Waals surface area contributed by atoms with Crippen molar-refractivity contribution in [3.8, 4) is 0 Å². The van der Waals surface area contributed by atoms with Crippen molar-refractivity contribution >= 4 is 23.5 Å². The Labute approximate surface area is 98.3 Å². The number of rotatable bonds is 7. The summed E-state index contributed by atoms with van der Waals surface area (Å²) < 4.78 is 0.426. The molecule has 0 spiro atoms. The standard InChI is InChI=1S/C12H24S2/c1-6-13-12(5,14-7-2)10-8-9-11(3)4/h9H,6-8,10H2,1-5H3. The Morgan fingerprint density at radius 2 is 1.64 bits per heavy atom. The van der Waals surface area contributed by atoms with Crippen molar-refractivity contribution in [1.29, 1.82) is 0 Å². The van der Waals surface area contributed by atoms with Crippen LogP contribution in [0.5, 0.6) is 0 Å². The van der Waals surface area contributed by atoms with Crippen molar-refractivity contribution in [2.45, 2.75) is 51.5 Å². The van der Waals surface area contributed by atoms with E-state index in [1.807, 2.05) is 0 Å². The van der Waals surface area contributed by atoms with Crippen LogP contribution in [0.1, 0.15) is 47.5 Å². The third-order valence-electron chi connectivity index (χ3n) is 2.05. The van der Waals surface area contributed by atoms with Crippen LogP contribution in [0.4, 0.5) is 0 Å². The number of thioether (sulfide) groups is 2. The summed E-state index contributed by atoms with van der Waals surface area (Å²) in [4.78, 5) is 0. The molecular weight excluding hydrogens is 208 g/mol. The maximum absolute atomic E-state index is 2.38. The van der Waals surface area contributed by atoms with Crippen molar-refractivity contribution < 1.29 is 0 Å². The summed E-state index contributed by atoms with van der Waals surface area (Å²) >= 11 is 4.18. The first-order chi connectivity index (χ1) is 6.54. The van der Waals surface area contributed by atoms with E-state index in [0.29, 0.717) is 4.08 Å². The maximum atomic E-state index is 2.38. The predicted molar refractivity (Wildman–Crippen MR) is 73.3 cm³/mol. The van der Waals surface area contributed by atoms with E-state index in [4.69, 9.17) is 0 Å². The van der Waals surface area contributed by atoms with Crippen molar-refractivity contribution in [1.82, 2.24) is 0 Å². The summed E-state index contributed by atoms with van der Waals surface area (Å²) in [6.45, 7) is 11.2. The lowest BCUT2D eigenvalue weighted by Gasteiger charge is -2.27. The van der Waals surface area contributed by atoms with Crippen LogP contribution in [-0.2, 0) is 0 Å². The summed E-state index contributed by atoms with van der Waals surface area (Å²) in [6.07, 6.45) is 4.86. The van der Waals surface area contributed by atoms with Crippen LogP contribution < -0.4 is 0 Å². The van der Waals surface area contributed by atoms with Crippen molar-refractivity contribution in [2.24, 2.45) is 0 Å². The van der Waals surface area contributed by atoms with Crippen LogP contribution >= 0.6 is 23.5 Å². The van der Waals surface area contributed by atoms with Gasteiger partial charge in [-0.2, -0.15) is 0 Å². The fourth-order valence-electron chi connectivity index (χ4n) is 1.42. The lowest BCUT2D eigenvalue weighted by Crippen LogP contribution is -2.15. The molecular formula is C12H24S2. The number of hydrogen-bond acceptors (Lipinski definition) is 2. The molecule has 0 aromatic rings. The van der Waals surface area contributed by atoms with Gasteiger partial charge in [0, 0.05) is 0 Å². The Kier molecular flexibility index (Phi) is 7.94. The smallest absolute Gasteiger partial charge is 0.0585 e. The molecule has 0 radical (unpaired) electrons. The molecule has 0 aromatic heterocycles. The van der Waals surface area contributed by atoms with Gasteiger partial charge in [0.2, 0.25) is 0 Å². The van der Waals surface area contributed by atoms with Gasteiger partial charge in [0.15, 0.2) is 0 Å². The third kappa shape index (κ3) is 6.83. The van der Waals surface area contributed by atoms with E-state index >= 15 is 0 Å². The van der Waals surface area contributed by atoms with Gasteiger partial charge < -0.3 is 0 Å². The normalized spacial score (nSPS) is 11.5. The topological polar surface area (TPSA) is 0 Å². The summed E-state index contributed by atoms with van der Waals surface area (Å²) in [7, 11) is 0. The summed E-state index contributed by atoms with van der Waals surface area (Å²) in [5.41, 5.74) is 1.44. The fourth-order valence-corrected chi connectivity index (χ4v) is 4.21. The first-order valence-corrected chi connectivity index (χ1v) is 7.42. The molecule has 0 saturated carbocycles. The highest BCUT2D eigenvalue weighted by Crippen LogP contribution is 2.40. The van der Waals surface area contributed by atoms with E-state index in [1.54, 1.807) is 0 Å². The molecule has 2 heteroatoms. The minimum absolute atomic E-state index is 0.426. The zero-order valence-corrected chi connectivity index (χ0v) is 11.9. The van der Waals surface area contributed by atoms with E-state index in [-0.39, 0.29) is 0 Å². The highest BCUT2D eigenvalue weighted by molar-refractivity contribution is 8.18. The lowest BCUT2D eigenvalue weighted by molar-refractivity contribution is 0.781. The first-order valence-electron chi connectivity index (χ1n) is 5.45. The van der Waals surface area contributed by atoms with E-state index in [0.717, 1.165) is 0 Å². The van der Waals surface area contributed by atoms with Gasteiger partial charge in [-0.3, -0.25) is 0 Å². The van der Waals surface area contributed by atoms with Gasteiger partial charge in [-0.25, -0.2) is 0 Å². The highest BCUT2D eigenvalue weighted by atomic mass is 32.2. The molecule has 0 N–H and O–H groups in total. The van der Waals surface area contributed by atoms with Gasteiger partial charge in [0.1, 0.15) is 0 Å². The van der Waals surface area contributed by atoms with Crippen LogP contribution in [0.25, 0.3) is 0 Å². The quantitative estimate of drug-likeness (QED) is 0.450. The highest BCUT2D eigenvalue weighted by Gasteiger charge is 2.22. The van der Waals surface area contributed by atoms with Crippen LogP contribution in [-0.4, -0.2) is 15.6 Å². The van der Waals surface area contributed by atoms with Gasteiger partial charge in [-0.05, 0) is 45.1 Å². The largest absolute Gasteiger partial charge is 0.145 e. The first kappa shape index (κ1) is 14.4. The van der Waals surface area contributed by atoms with Crippen molar-refractivity contribution in [3.63, 3.8) is 0 Å². The maximum Gasteiger partial charge on any atom is 0.0585 e. The van der Waals surface area contributed by atoms with E-state index in [1.165, 1.54) is 29.9 Å². The van der Waals surface area contributed by atoms with Crippen LogP contribution in [0.15, 0.2) is 11.6 Å². The fraction of sp³-hybridized carbons (Fsp3) is 0.833. The Balaban J connectivity index is 4.01. The molecule has 0 aromatic carbocycles. The molecule has 0 aliphatic carbocycles. The minimum Gasteiger partial charge on any atom is -0.145 e. The molecule has 14 heavy (non-hydrogen) atoms. The number of hydrogen-bond donors (Lipinski definition) is 0. The molecule has 0 fully saturated rings. The average molecular weight is 232 g/mol. The minimum atomic E-state index is 0.426. The second-order valence-corrected chi connectivity index (χ2v) is 7.61. The van der Waals surface area contributed by atoms with Gasteiger partial charge >= 0.3 is 0 Å². The molecule has 0 aliphatic rings. The molecule has 0 aliphatic heterocycles. The van der Waals surface area contributed by atoms with Crippen molar-refractivity contribution in [2.75, 3.05) is 11.5 Å². The lowest BCUT2D eigenvalue weighted by atomic mass is 10.2. The Bertz CT molecular complexity index is 163. The predicted octanol–water partition coefficient (Wildman–Crippen LogP) is 4.96. The zero-order chi connectivity index (χ0) is 11.0. The summed E-state index contributed by atoms with van der Waals surface area (Å²) in [5.74, 6) is 2.44. The Morgan fingerprint density at radius 3 is 2.00 bits per heavy atom. The van der Waals surface area contributed by atoms with Gasteiger partial charge in [0.05, 0.1) is 4.08 Å². The Hall–Kier alpha value is 0.440. The third-order valence-corrected chi connectivity index (χ3v) is 4.96. The van der Waals surface area contributed by atoms with E-state index < -0.39 is 0 Å². The molecule has 0 bridgehead atoms. The molecule has 84 valence electrons. The van der Waals surface area contributed by atoms with E-state index in [2.05, 4.69) is 64.2 Å². The summed E-state index contributed by atoms with van der Waals surface area (Å²) in [5, 5.41) is 0. The van der Waals surface area contributed by atoms with Gasteiger partial charge in [-0.15, -0.1) is 23.5 Å². The molecule has 0 nitrogen and oxygen atoms in total. The van der Waals surface area contributed by atoms with Gasteiger partial charge in [-0.1, -0.05) is 25.5 Å². The molecule has 0 amide bonds. The van der Waals surface area contributed by atoms with Crippen LogP contribution in [0.3, 0.4) is 0 Å². The van der Waals surface area contributed by atoms with Crippen LogP contribution in [0.2, 0.25) is 0 Å². The average Bonchev–Trinajstić information content (AvgIpc) is 2.03. The monoisotopic (exact) mass is 232 g/mol. The molecule has 0 saturated heterocycles. The number of allylic oxidation sites excluding steroid dienone is 2. The second kappa shape index (κ2) is 7.70. The van der Waals surface area contributed by atoms with Gasteiger partial charge in [0.25, 0.3) is 0 Å². The molecule has 0 rings (SSSR count). The summed E-state index contributed by atoms with van der Waals surface area (Å²) in [6, 6.07) is 0. The molecule has 0 atom stereocenters. The SMILES string of the molecule is CCSC(C)(CCC=C(C)C)SCC. The zero-order valence-electron chi connectivity index (χ0n) is 10.2. The Morgan fingerprint density at radius 1 is 1.14 bits per heavy atom. The van der Waals surface area contributed by atoms with Crippen LogP contribution in [0, 0.1) is 0 Å². The molecule has 0 heterocycles. The second-order valence-electron chi connectivity index (χ2n) is 3.82. The van der Waals surface area contributed by atoms with Crippen molar-refractivity contribution in [3.05, 3.63) is 11.6 Å². The van der Waals surface area contributed by atoms with E-state index in [9.17, 15) is 0 Å². The molecule has 0 unspecified atom stereocenters.